The summed E-state index contributed by atoms with van der Waals surface area (Å²) in [6.45, 7) is 5.70. The van der Waals surface area contributed by atoms with E-state index in [4.69, 9.17) is 4.74 Å². The summed E-state index contributed by atoms with van der Waals surface area (Å²) in [5, 5.41) is 2.92. The molecule has 2 rings (SSSR count). The van der Waals surface area contributed by atoms with Crippen molar-refractivity contribution in [2.75, 3.05) is 7.11 Å². The Kier molecular flexibility index (Phi) is 4.02. The average Bonchev–Trinajstić information content (AvgIpc) is 2.43. The van der Waals surface area contributed by atoms with Gasteiger partial charge in [-0.15, -0.1) is 0 Å². The van der Waals surface area contributed by atoms with Crippen LogP contribution in [0.4, 0.5) is 4.79 Å². The number of amides is 2. The lowest BCUT2D eigenvalue weighted by atomic mass is 9.95. The largest absolute Gasteiger partial charge is 0.452 e. The number of fused-ring (bicyclic) bond motifs is 1. The van der Waals surface area contributed by atoms with Crippen molar-refractivity contribution in [2.24, 2.45) is 0 Å². The Morgan fingerprint density at radius 3 is 2.52 bits per heavy atom. The molecular formula is C16H20N2O3. The minimum absolute atomic E-state index is 0.232. The van der Waals surface area contributed by atoms with Gasteiger partial charge in [-0.2, -0.15) is 0 Å². The molecule has 0 saturated heterocycles. The van der Waals surface area contributed by atoms with E-state index in [0.717, 1.165) is 11.1 Å². The van der Waals surface area contributed by atoms with Crippen LogP contribution in [0.2, 0.25) is 0 Å². The number of carbonyl (C=O) groups excluding carboxylic acids is 2. The zero-order chi connectivity index (χ0) is 15.6. The van der Waals surface area contributed by atoms with E-state index in [1.54, 1.807) is 12.3 Å². The quantitative estimate of drug-likeness (QED) is 0.864. The number of rotatable bonds is 1. The van der Waals surface area contributed by atoms with Crippen molar-refractivity contribution < 1.29 is 14.3 Å². The molecule has 5 heteroatoms. The van der Waals surface area contributed by atoms with Crippen molar-refractivity contribution in [1.29, 1.82) is 0 Å². The van der Waals surface area contributed by atoms with Crippen LogP contribution in [0.5, 0.6) is 0 Å². The smallest absolute Gasteiger partial charge is 0.414 e. The Labute approximate surface area is 124 Å². The van der Waals surface area contributed by atoms with Gasteiger partial charge < -0.3 is 10.1 Å². The summed E-state index contributed by atoms with van der Waals surface area (Å²) in [7, 11) is 1.30. The Balaban J connectivity index is 2.42. The summed E-state index contributed by atoms with van der Waals surface area (Å²) < 4.78 is 4.77. The molecule has 1 unspecified atom stereocenters. The molecule has 21 heavy (non-hydrogen) atoms. The average molecular weight is 288 g/mol. The molecule has 0 aromatic heterocycles. The predicted octanol–water partition coefficient (Wildman–Crippen LogP) is 2.70. The van der Waals surface area contributed by atoms with Crippen molar-refractivity contribution in [3.8, 4) is 0 Å². The fraction of sp³-hybridized carbons (Fsp3) is 0.375. The van der Waals surface area contributed by atoms with Gasteiger partial charge in [0.15, 0.2) is 0 Å². The first kappa shape index (κ1) is 15.1. The molecule has 0 spiro atoms. The summed E-state index contributed by atoms with van der Waals surface area (Å²) in [6, 6.07) is 6.79. The fourth-order valence-corrected chi connectivity index (χ4v) is 2.29. The summed E-state index contributed by atoms with van der Waals surface area (Å²) in [6.07, 6.45) is 2.82. The zero-order valence-electron chi connectivity index (χ0n) is 12.7. The van der Waals surface area contributed by atoms with E-state index in [0.29, 0.717) is 0 Å². The van der Waals surface area contributed by atoms with Crippen LogP contribution in [0.3, 0.4) is 0 Å². The third kappa shape index (κ3) is 3.24. The Morgan fingerprint density at radius 1 is 1.24 bits per heavy atom. The molecule has 1 aromatic rings. The summed E-state index contributed by atoms with van der Waals surface area (Å²) in [5.74, 6) is -0.232. The third-order valence-corrected chi connectivity index (χ3v) is 3.12. The molecule has 1 aromatic carbocycles. The van der Waals surface area contributed by atoms with Crippen LogP contribution < -0.4 is 5.32 Å². The van der Waals surface area contributed by atoms with Crippen molar-refractivity contribution in [3.05, 3.63) is 41.6 Å². The van der Waals surface area contributed by atoms with Gasteiger partial charge in [0.05, 0.1) is 7.11 Å². The number of carbonyl (C=O) groups is 2. The minimum atomic E-state index is -0.724. The summed E-state index contributed by atoms with van der Waals surface area (Å²) in [5.41, 5.74) is 1.33. The molecule has 2 amide bonds. The second kappa shape index (κ2) is 5.60. The van der Waals surface area contributed by atoms with Gasteiger partial charge in [0.2, 0.25) is 5.91 Å². The maximum absolute atomic E-state index is 12.6. The molecule has 0 saturated carbocycles. The van der Waals surface area contributed by atoms with Gasteiger partial charge in [0, 0.05) is 11.7 Å². The highest BCUT2D eigenvalue weighted by molar-refractivity contribution is 5.90. The number of hydrogen-bond acceptors (Lipinski definition) is 3. The molecule has 0 fully saturated rings. The molecule has 5 nitrogen and oxygen atoms in total. The number of ether oxygens (including phenoxy) is 1. The first-order chi connectivity index (χ1) is 9.83. The highest BCUT2D eigenvalue weighted by atomic mass is 16.5. The van der Waals surface area contributed by atoms with Crippen LogP contribution >= 0.6 is 0 Å². The molecule has 1 N–H and O–H groups in total. The van der Waals surface area contributed by atoms with Crippen LogP contribution in [-0.4, -0.2) is 29.5 Å². The summed E-state index contributed by atoms with van der Waals surface area (Å²) >= 11 is 0. The second-order valence-corrected chi connectivity index (χ2v) is 5.96. The van der Waals surface area contributed by atoms with Gasteiger partial charge in [0.25, 0.3) is 0 Å². The standard InChI is InChI=1S/C16H20N2O3/c1-16(2,3)17-14(19)13-12-8-6-5-7-11(12)9-10-18(13)15(20)21-4/h5-10,13H,1-4H3,(H,17,19). The van der Waals surface area contributed by atoms with E-state index in [2.05, 4.69) is 5.32 Å². The van der Waals surface area contributed by atoms with E-state index < -0.39 is 12.1 Å². The maximum Gasteiger partial charge on any atom is 0.414 e. The molecule has 1 atom stereocenters. The van der Waals surface area contributed by atoms with Crippen molar-refractivity contribution in [1.82, 2.24) is 10.2 Å². The lowest BCUT2D eigenvalue weighted by molar-refractivity contribution is -0.126. The van der Waals surface area contributed by atoms with Crippen LogP contribution in [0, 0.1) is 0 Å². The molecule has 0 aliphatic carbocycles. The molecule has 1 aliphatic rings. The van der Waals surface area contributed by atoms with Crippen LogP contribution in [0.15, 0.2) is 30.5 Å². The van der Waals surface area contributed by atoms with E-state index >= 15 is 0 Å². The van der Waals surface area contributed by atoms with E-state index in [1.165, 1.54) is 12.0 Å². The van der Waals surface area contributed by atoms with Crippen molar-refractivity contribution >= 4 is 18.1 Å². The first-order valence-corrected chi connectivity index (χ1v) is 6.79. The van der Waals surface area contributed by atoms with Gasteiger partial charge in [0.1, 0.15) is 6.04 Å². The topological polar surface area (TPSA) is 58.6 Å². The number of benzene rings is 1. The van der Waals surface area contributed by atoms with E-state index in [-0.39, 0.29) is 11.4 Å². The predicted molar refractivity (Wildman–Crippen MR) is 80.4 cm³/mol. The molecule has 1 heterocycles. The summed E-state index contributed by atoms with van der Waals surface area (Å²) in [4.78, 5) is 25.9. The number of methoxy groups -OCH3 is 1. The molecule has 112 valence electrons. The third-order valence-electron chi connectivity index (χ3n) is 3.12. The minimum Gasteiger partial charge on any atom is -0.452 e. The zero-order valence-corrected chi connectivity index (χ0v) is 12.7. The van der Waals surface area contributed by atoms with E-state index in [9.17, 15) is 9.59 Å². The monoisotopic (exact) mass is 288 g/mol. The highest BCUT2D eigenvalue weighted by Gasteiger charge is 2.35. The second-order valence-electron chi connectivity index (χ2n) is 5.96. The Hall–Kier alpha value is -2.30. The lowest BCUT2D eigenvalue weighted by Gasteiger charge is -2.33. The fourth-order valence-electron chi connectivity index (χ4n) is 2.29. The van der Waals surface area contributed by atoms with Crippen LogP contribution in [-0.2, 0) is 9.53 Å². The van der Waals surface area contributed by atoms with Crippen molar-refractivity contribution in [2.45, 2.75) is 32.4 Å². The number of nitrogens with one attached hydrogen (secondary N) is 1. The van der Waals surface area contributed by atoms with Gasteiger partial charge >= 0.3 is 6.09 Å². The van der Waals surface area contributed by atoms with Gasteiger partial charge in [-0.1, -0.05) is 24.3 Å². The van der Waals surface area contributed by atoms with E-state index in [1.807, 2.05) is 45.0 Å². The number of nitrogens with zero attached hydrogens (tertiary/aromatic N) is 1. The Morgan fingerprint density at radius 2 is 1.90 bits per heavy atom. The number of hydrogen-bond donors (Lipinski definition) is 1. The highest BCUT2D eigenvalue weighted by Crippen LogP contribution is 2.31. The first-order valence-electron chi connectivity index (χ1n) is 6.79. The lowest BCUT2D eigenvalue weighted by Crippen LogP contribution is -2.48. The van der Waals surface area contributed by atoms with Crippen molar-refractivity contribution in [3.63, 3.8) is 0 Å². The SMILES string of the molecule is COC(=O)N1C=Cc2ccccc2C1C(=O)NC(C)(C)C. The Bertz CT molecular complexity index is 587. The molecule has 1 aliphatic heterocycles. The molecular weight excluding hydrogens is 268 g/mol. The van der Waals surface area contributed by atoms with Crippen LogP contribution in [0.1, 0.15) is 37.9 Å². The molecule has 0 bridgehead atoms. The normalized spacial score (nSPS) is 17.1. The van der Waals surface area contributed by atoms with Gasteiger partial charge in [-0.25, -0.2) is 4.79 Å². The molecule has 0 radical (unpaired) electrons. The van der Waals surface area contributed by atoms with Gasteiger partial charge in [-0.3, -0.25) is 9.69 Å². The maximum atomic E-state index is 12.6. The van der Waals surface area contributed by atoms with Gasteiger partial charge in [-0.05, 0) is 38.0 Å². The van der Waals surface area contributed by atoms with Crippen LogP contribution in [0.25, 0.3) is 6.08 Å².